The summed E-state index contributed by atoms with van der Waals surface area (Å²) in [6.07, 6.45) is 2.51. The molecular weight excluding hydrogens is 264 g/mol. The first-order chi connectivity index (χ1) is 7.45. The fourth-order valence-electron chi connectivity index (χ4n) is 1.57. The lowest BCUT2D eigenvalue weighted by molar-refractivity contribution is -0.110. The van der Waals surface area contributed by atoms with Crippen molar-refractivity contribution >= 4 is 20.6 Å². The molecule has 1 nitrogen and oxygen atoms in total. The van der Waals surface area contributed by atoms with E-state index in [-0.39, 0.29) is 10.1 Å². The second-order valence-corrected chi connectivity index (χ2v) is 5.67. The topological polar surface area (TPSA) is 17.1 Å². The molecule has 0 aliphatic rings. The van der Waals surface area contributed by atoms with Crippen LogP contribution in [0.4, 0.5) is 0 Å². The Morgan fingerprint density at radius 2 is 1.81 bits per heavy atom. The van der Waals surface area contributed by atoms with Crippen molar-refractivity contribution < 1.29 is 4.79 Å². The van der Waals surface area contributed by atoms with Crippen molar-refractivity contribution in [1.29, 1.82) is 0 Å². The number of carbonyl (C=O) groups is 1. The Morgan fingerprint density at radius 3 is 2.25 bits per heavy atom. The molecule has 0 fully saturated rings. The van der Waals surface area contributed by atoms with Crippen LogP contribution in [-0.2, 0) is 16.6 Å². The Balaban J connectivity index is 2.71. The minimum atomic E-state index is 0.0745. The minimum absolute atomic E-state index is 0.0745. The number of aryl methyl sites for hydroxylation is 1. The lowest BCUT2D eigenvalue weighted by Gasteiger charge is -2.23. The predicted octanol–water partition coefficient (Wildman–Crippen LogP) is 4.23. The molecule has 0 radical (unpaired) electrons. The van der Waals surface area contributed by atoms with Gasteiger partial charge in [-0.05, 0) is 45.3 Å². The summed E-state index contributed by atoms with van der Waals surface area (Å²) in [7, 11) is 0. The number of benzene rings is 1. The molecule has 0 saturated heterocycles. The van der Waals surface area contributed by atoms with E-state index in [9.17, 15) is 4.79 Å². The van der Waals surface area contributed by atoms with E-state index in [1.807, 2.05) is 0 Å². The van der Waals surface area contributed by atoms with Crippen LogP contribution in [0.15, 0.2) is 24.3 Å². The molecule has 1 aromatic carbocycles. The van der Waals surface area contributed by atoms with E-state index in [0.717, 1.165) is 12.8 Å². The monoisotopic (exact) mass is 282 g/mol. The van der Waals surface area contributed by atoms with Crippen molar-refractivity contribution in [3.05, 3.63) is 35.4 Å². The number of halogens is 1. The van der Waals surface area contributed by atoms with Crippen LogP contribution in [0.25, 0.3) is 0 Å². The molecule has 1 rings (SSSR count). The Kier molecular flexibility index (Phi) is 4.72. The molecule has 0 aromatic heterocycles. The Labute approximate surface area is 106 Å². The van der Waals surface area contributed by atoms with Gasteiger partial charge in [-0.1, -0.05) is 45.0 Å². The second kappa shape index (κ2) is 5.62. The molecule has 0 bridgehead atoms. The first-order valence-corrected chi connectivity index (χ1v) is 6.53. The zero-order chi connectivity index (χ0) is 12.2. The summed E-state index contributed by atoms with van der Waals surface area (Å²) >= 11 is 2.95. The highest BCUT2D eigenvalue weighted by atomic mass is 79.9. The maximum Gasteiger partial charge on any atom is 0.198 e. The van der Waals surface area contributed by atoms with Crippen molar-refractivity contribution in [3.63, 3.8) is 0 Å². The van der Waals surface area contributed by atoms with Crippen molar-refractivity contribution in [1.82, 2.24) is 0 Å². The summed E-state index contributed by atoms with van der Waals surface area (Å²) < 4.78 is 0.0745. The van der Waals surface area contributed by atoms with E-state index in [2.05, 4.69) is 61.0 Å². The van der Waals surface area contributed by atoms with E-state index in [0.29, 0.717) is 6.42 Å². The molecule has 0 saturated carbocycles. The quantitative estimate of drug-likeness (QED) is 0.739. The molecule has 16 heavy (non-hydrogen) atoms. The standard InChI is InChI=1S/C14H19BrO/c1-4-14(2,3)12-8-5-11(6-9-12)7-10-13(15)16/h5-6,8-9H,4,7,10H2,1-3H3. The molecule has 0 atom stereocenters. The van der Waals surface area contributed by atoms with Crippen molar-refractivity contribution in [2.75, 3.05) is 0 Å². The van der Waals surface area contributed by atoms with Gasteiger partial charge >= 0.3 is 0 Å². The SMILES string of the molecule is CCC(C)(C)c1ccc(CCC(=O)Br)cc1. The summed E-state index contributed by atoms with van der Waals surface area (Å²) in [5, 5.41) is 0. The molecule has 0 heterocycles. The van der Waals surface area contributed by atoms with E-state index in [1.54, 1.807) is 0 Å². The molecule has 2 heteroatoms. The highest BCUT2D eigenvalue weighted by Crippen LogP contribution is 2.26. The lowest BCUT2D eigenvalue weighted by Crippen LogP contribution is -2.15. The average molecular weight is 283 g/mol. The Hall–Kier alpha value is -0.630. The molecule has 88 valence electrons. The third-order valence-corrected chi connectivity index (χ3v) is 3.63. The number of hydrogen-bond acceptors (Lipinski definition) is 1. The van der Waals surface area contributed by atoms with Crippen LogP contribution in [0.5, 0.6) is 0 Å². The average Bonchev–Trinajstić information content (AvgIpc) is 2.27. The van der Waals surface area contributed by atoms with Crippen LogP contribution in [0.2, 0.25) is 0 Å². The number of rotatable bonds is 5. The number of hydrogen-bond donors (Lipinski definition) is 0. The highest BCUT2D eigenvalue weighted by Gasteiger charge is 2.17. The Morgan fingerprint density at radius 1 is 1.25 bits per heavy atom. The van der Waals surface area contributed by atoms with Crippen LogP contribution >= 0.6 is 15.9 Å². The van der Waals surface area contributed by atoms with Gasteiger partial charge in [0.1, 0.15) is 0 Å². The van der Waals surface area contributed by atoms with Gasteiger partial charge in [-0.25, -0.2) is 0 Å². The normalized spacial score (nSPS) is 11.5. The van der Waals surface area contributed by atoms with E-state index in [4.69, 9.17) is 0 Å². The molecule has 0 spiro atoms. The van der Waals surface area contributed by atoms with E-state index in [1.165, 1.54) is 11.1 Å². The summed E-state index contributed by atoms with van der Waals surface area (Å²) in [6, 6.07) is 8.61. The van der Waals surface area contributed by atoms with Gasteiger partial charge in [-0.15, -0.1) is 0 Å². The van der Waals surface area contributed by atoms with Crippen LogP contribution in [0, 0.1) is 0 Å². The molecule has 0 amide bonds. The van der Waals surface area contributed by atoms with Gasteiger partial charge in [-0.2, -0.15) is 0 Å². The summed E-state index contributed by atoms with van der Waals surface area (Å²) in [5.74, 6) is 0. The van der Waals surface area contributed by atoms with Crippen LogP contribution < -0.4 is 0 Å². The van der Waals surface area contributed by atoms with Crippen LogP contribution in [0.3, 0.4) is 0 Å². The van der Waals surface area contributed by atoms with Crippen molar-refractivity contribution in [3.8, 4) is 0 Å². The van der Waals surface area contributed by atoms with Gasteiger partial charge in [0.2, 0.25) is 0 Å². The minimum Gasteiger partial charge on any atom is -0.287 e. The van der Waals surface area contributed by atoms with E-state index >= 15 is 0 Å². The maximum absolute atomic E-state index is 10.8. The largest absolute Gasteiger partial charge is 0.287 e. The fourth-order valence-corrected chi connectivity index (χ4v) is 1.77. The van der Waals surface area contributed by atoms with Gasteiger partial charge in [0.15, 0.2) is 4.69 Å². The van der Waals surface area contributed by atoms with Crippen LogP contribution in [0.1, 0.15) is 44.7 Å². The highest BCUT2D eigenvalue weighted by molar-refractivity contribution is 9.18. The maximum atomic E-state index is 10.8. The summed E-state index contributed by atoms with van der Waals surface area (Å²) in [4.78, 5) is 10.8. The zero-order valence-electron chi connectivity index (χ0n) is 10.2. The van der Waals surface area contributed by atoms with E-state index < -0.39 is 0 Å². The first kappa shape index (κ1) is 13.4. The first-order valence-electron chi connectivity index (χ1n) is 5.73. The van der Waals surface area contributed by atoms with Gasteiger partial charge < -0.3 is 0 Å². The second-order valence-electron chi connectivity index (χ2n) is 4.79. The zero-order valence-corrected chi connectivity index (χ0v) is 11.8. The smallest absolute Gasteiger partial charge is 0.198 e. The van der Waals surface area contributed by atoms with Gasteiger partial charge in [-0.3, -0.25) is 4.79 Å². The molecule has 0 aliphatic heterocycles. The Bertz CT molecular complexity index is 352. The summed E-state index contributed by atoms with van der Waals surface area (Å²) in [6.45, 7) is 6.71. The fraction of sp³-hybridized carbons (Fsp3) is 0.500. The van der Waals surface area contributed by atoms with Crippen LogP contribution in [-0.4, -0.2) is 4.69 Å². The molecule has 0 aliphatic carbocycles. The summed E-state index contributed by atoms with van der Waals surface area (Å²) in [5.41, 5.74) is 2.83. The van der Waals surface area contributed by atoms with Crippen molar-refractivity contribution in [2.45, 2.75) is 45.4 Å². The molecular formula is C14H19BrO. The number of carbonyl (C=O) groups excluding carboxylic acids is 1. The third-order valence-electron chi connectivity index (χ3n) is 3.23. The lowest BCUT2D eigenvalue weighted by atomic mass is 9.82. The van der Waals surface area contributed by atoms with Crippen molar-refractivity contribution in [2.24, 2.45) is 0 Å². The van der Waals surface area contributed by atoms with Gasteiger partial charge in [0.25, 0.3) is 0 Å². The van der Waals surface area contributed by atoms with Gasteiger partial charge in [0.05, 0.1) is 0 Å². The van der Waals surface area contributed by atoms with Gasteiger partial charge in [0, 0.05) is 6.42 Å². The molecule has 0 unspecified atom stereocenters. The molecule has 0 N–H and O–H groups in total. The predicted molar refractivity (Wildman–Crippen MR) is 72.0 cm³/mol. The third kappa shape index (κ3) is 3.75. The molecule has 1 aromatic rings.